The first-order valence-corrected chi connectivity index (χ1v) is 10.7. The van der Waals surface area contributed by atoms with Gasteiger partial charge in [-0.3, -0.25) is 0 Å². The predicted molar refractivity (Wildman–Crippen MR) is 109 cm³/mol. The van der Waals surface area contributed by atoms with Crippen LogP contribution in [0.1, 0.15) is 32.1 Å². The number of thioether (sulfide) groups is 1. The minimum atomic E-state index is 0.690. The van der Waals surface area contributed by atoms with E-state index in [-0.39, 0.29) is 0 Å². The van der Waals surface area contributed by atoms with Gasteiger partial charge >= 0.3 is 0 Å². The molecule has 1 fully saturated rings. The molecule has 0 spiro atoms. The lowest BCUT2D eigenvalue weighted by Gasteiger charge is -2.30. The van der Waals surface area contributed by atoms with Crippen LogP contribution in [0.2, 0.25) is 0 Å². The van der Waals surface area contributed by atoms with Gasteiger partial charge in [-0.2, -0.15) is 0 Å². The maximum absolute atomic E-state index is 2.63. The lowest BCUT2D eigenvalue weighted by atomic mass is 9.74. The van der Waals surface area contributed by atoms with E-state index in [0.29, 0.717) is 17.8 Å². The molecule has 4 aliphatic carbocycles. The molecule has 0 bridgehead atoms. The lowest BCUT2D eigenvalue weighted by Crippen LogP contribution is -2.19. The molecule has 5 rings (SSSR count). The lowest BCUT2D eigenvalue weighted by molar-refractivity contribution is 0.395. The summed E-state index contributed by atoms with van der Waals surface area (Å²) in [5.74, 6) is 3.55. The Hall–Kier alpha value is -1.47. The molecule has 0 aromatic rings. The van der Waals surface area contributed by atoms with E-state index in [4.69, 9.17) is 0 Å². The molecule has 128 valence electrons. The van der Waals surface area contributed by atoms with Crippen molar-refractivity contribution in [1.29, 1.82) is 0 Å². The van der Waals surface area contributed by atoms with E-state index in [1.165, 1.54) is 32.1 Å². The van der Waals surface area contributed by atoms with E-state index in [0.717, 1.165) is 11.8 Å². The van der Waals surface area contributed by atoms with Crippen molar-refractivity contribution in [3.63, 3.8) is 0 Å². The summed E-state index contributed by atoms with van der Waals surface area (Å²) in [4.78, 5) is 3.23. The minimum absolute atomic E-state index is 0.690. The van der Waals surface area contributed by atoms with Crippen LogP contribution in [0.3, 0.4) is 0 Å². The van der Waals surface area contributed by atoms with Gasteiger partial charge in [0.25, 0.3) is 0 Å². The molecular weight excluding hydrogens is 320 g/mol. The van der Waals surface area contributed by atoms with Gasteiger partial charge in [-0.25, -0.2) is 0 Å². The van der Waals surface area contributed by atoms with Gasteiger partial charge in [0.15, 0.2) is 0 Å². The zero-order valence-electron chi connectivity index (χ0n) is 14.7. The molecule has 0 amide bonds. The smallest absolute Gasteiger partial charge is 0.0158 e. The van der Waals surface area contributed by atoms with Gasteiger partial charge in [-0.1, -0.05) is 78.6 Å². The molecule has 5 atom stereocenters. The van der Waals surface area contributed by atoms with Crippen LogP contribution in [0.5, 0.6) is 0 Å². The Bertz CT molecular complexity index is 755. The largest absolute Gasteiger partial charge is 0.0943 e. The van der Waals surface area contributed by atoms with Crippen LogP contribution < -0.4 is 0 Å². The Morgan fingerprint density at radius 2 is 1.48 bits per heavy atom. The molecule has 1 heterocycles. The third kappa shape index (κ3) is 2.97. The first-order chi connectivity index (χ1) is 12.4. The number of hydrogen-bond acceptors (Lipinski definition) is 1. The van der Waals surface area contributed by atoms with Crippen LogP contribution in [0, 0.1) is 29.6 Å². The van der Waals surface area contributed by atoms with Crippen molar-refractivity contribution in [3.8, 4) is 0 Å². The maximum atomic E-state index is 2.63. The molecular formula is C24H26S. The Morgan fingerprint density at radius 1 is 0.720 bits per heavy atom. The van der Waals surface area contributed by atoms with Crippen molar-refractivity contribution >= 4 is 11.8 Å². The van der Waals surface area contributed by atoms with Gasteiger partial charge in [0.2, 0.25) is 0 Å². The Morgan fingerprint density at radius 3 is 2.20 bits per heavy atom. The van der Waals surface area contributed by atoms with Gasteiger partial charge in [0.05, 0.1) is 0 Å². The van der Waals surface area contributed by atoms with E-state index >= 15 is 0 Å². The highest BCUT2D eigenvalue weighted by Crippen LogP contribution is 2.56. The molecule has 1 aliphatic heterocycles. The number of rotatable bonds is 2. The van der Waals surface area contributed by atoms with Crippen LogP contribution in [0.15, 0.2) is 82.2 Å². The Balaban J connectivity index is 1.35. The minimum Gasteiger partial charge on any atom is -0.0943 e. The van der Waals surface area contributed by atoms with E-state index in [2.05, 4.69) is 78.6 Å². The fourth-order valence-electron chi connectivity index (χ4n) is 5.05. The fourth-order valence-corrected chi connectivity index (χ4v) is 6.52. The third-order valence-corrected chi connectivity index (χ3v) is 7.75. The van der Waals surface area contributed by atoms with Crippen molar-refractivity contribution in [1.82, 2.24) is 0 Å². The highest BCUT2D eigenvalue weighted by atomic mass is 32.2. The first kappa shape index (κ1) is 15.8. The van der Waals surface area contributed by atoms with Crippen molar-refractivity contribution in [2.24, 2.45) is 29.6 Å². The highest BCUT2D eigenvalue weighted by Gasteiger charge is 2.38. The summed E-state index contributed by atoms with van der Waals surface area (Å²) in [7, 11) is 0. The summed E-state index contributed by atoms with van der Waals surface area (Å²) in [6.45, 7) is 0. The van der Waals surface area contributed by atoms with E-state index in [1.54, 1.807) is 15.4 Å². The zero-order valence-corrected chi connectivity index (χ0v) is 15.5. The van der Waals surface area contributed by atoms with Crippen LogP contribution in [-0.4, -0.2) is 0 Å². The topological polar surface area (TPSA) is 0 Å². The van der Waals surface area contributed by atoms with Crippen molar-refractivity contribution < 1.29 is 0 Å². The molecule has 0 nitrogen and oxygen atoms in total. The molecule has 5 unspecified atom stereocenters. The molecule has 0 radical (unpaired) electrons. The SMILES string of the molecule is C1=CCC(C2C=C3SC4=CC(C5C=CC=CC5)CCC4C3=CC2)C=C1. The average molecular weight is 347 g/mol. The van der Waals surface area contributed by atoms with Crippen molar-refractivity contribution in [2.45, 2.75) is 32.1 Å². The fraction of sp³-hybridized carbons (Fsp3) is 0.417. The molecule has 0 aromatic carbocycles. The molecule has 0 aromatic heterocycles. The number of fused-ring (bicyclic) bond motifs is 3. The monoisotopic (exact) mass is 346 g/mol. The Labute approximate surface area is 155 Å². The highest BCUT2D eigenvalue weighted by molar-refractivity contribution is 8.07. The number of hydrogen-bond donors (Lipinski definition) is 0. The van der Waals surface area contributed by atoms with Crippen LogP contribution in [0.4, 0.5) is 0 Å². The maximum Gasteiger partial charge on any atom is 0.0158 e. The third-order valence-electron chi connectivity index (χ3n) is 6.50. The van der Waals surface area contributed by atoms with Crippen molar-refractivity contribution in [2.75, 3.05) is 0 Å². The summed E-state index contributed by atoms with van der Waals surface area (Å²) in [5.41, 5.74) is 1.65. The van der Waals surface area contributed by atoms with Crippen LogP contribution in [0.25, 0.3) is 0 Å². The second-order valence-corrected chi connectivity index (χ2v) is 9.10. The molecule has 5 aliphatic rings. The quantitative estimate of drug-likeness (QED) is 0.533. The number of allylic oxidation sites excluding steroid dienone is 13. The summed E-state index contributed by atoms with van der Waals surface area (Å²) < 4.78 is 0. The predicted octanol–water partition coefficient (Wildman–Crippen LogP) is 6.74. The van der Waals surface area contributed by atoms with Gasteiger partial charge < -0.3 is 0 Å². The van der Waals surface area contributed by atoms with Crippen molar-refractivity contribution in [3.05, 3.63) is 82.2 Å². The summed E-state index contributed by atoms with van der Waals surface area (Å²) >= 11 is 2.08. The molecule has 1 saturated heterocycles. The molecule has 1 heteroatoms. The standard InChI is InChI=1S/C24H26S/c1-3-7-17(8-4-1)19-11-13-21-22-14-12-20(18-9-5-2-6-10-18)16-24(22)25-23(21)15-19/h1-7,9,13,15-20,22H,8,10-12,14H2. The van der Waals surface area contributed by atoms with Gasteiger partial charge in [-0.15, -0.1) is 0 Å². The van der Waals surface area contributed by atoms with E-state index < -0.39 is 0 Å². The second-order valence-electron chi connectivity index (χ2n) is 7.98. The summed E-state index contributed by atoms with van der Waals surface area (Å²) in [5, 5.41) is 0. The first-order valence-electron chi connectivity index (χ1n) is 9.87. The zero-order chi connectivity index (χ0) is 16.6. The Kier molecular flexibility index (Phi) is 4.21. The van der Waals surface area contributed by atoms with Gasteiger partial charge in [0, 0.05) is 10.8 Å². The summed E-state index contributed by atoms with van der Waals surface area (Å²) in [6.07, 6.45) is 32.5. The van der Waals surface area contributed by atoms with Gasteiger partial charge in [0.1, 0.15) is 0 Å². The normalized spacial score (nSPS) is 38.7. The van der Waals surface area contributed by atoms with E-state index in [9.17, 15) is 0 Å². The van der Waals surface area contributed by atoms with Crippen LogP contribution in [-0.2, 0) is 0 Å². The van der Waals surface area contributed by atoms with Gasteiger partial charge in [-0.05, 0) is 66.3 Å². The molecule has 0 saturated carbocycles. The summed E-state index contributed by atoms with van der Waals surface area (Å²) in [6, 6.07) is 0. The second kappa shape index (κ2) is 6.68. The van der Waals surface area contributed by atoms with E-state index in [1.807, 2.05) is 0 Å². The molecule has 0 N–H and O–H groups in total. The molecule has 25 heavy (non-hydrogen) atoms. The average Bonchev–Trinajstić information content (AvgIpc) is 3.06. The van der Waals surface area contributed by atoms with Crippen LogP contribution >= 0.6 is 11.8 Å².